The molecule has 1 atom stereocenters. The lowest BCUT2D eigenvalue weighted by atomic mass is 10.1. The first-order chi connectivity index (χ1) is 9.63. The average Bonchev–Trinajstić information content (AvgIpc) is 2.75. The SMILES string of the molecule is N#CC(NS(=O)(=O)N1CCCCCC1)c1ccccc1. The minimum atomic E-state index is -3.61. The third-order valence-corrected chi connectivity index (χ3v) is 5.01. The number of hydrogen-bond donors (Lipinski definition) is 1. The standard InChI is InChI=1S/C14H19N3O2S/c15-12-14(13-8-4-3-5-9-13)16-20(18,19)17-10-6-1-2-7-11-17/h3-5,8-9,14,16H,1-2,6-7,10-11H2. The molecule has 5 nitrogen and oxygen atoms in total. The second-order valence-electron chi connectivity index (χ2n) is 4.91. The molecule has 0 radical (unpaired) electrons. The zero-order valence-corrected chi connectivity index (χ0v) is 12.1. The van der Waals surface area contributed by atoms with Crippen LogP contribution in [0.3, 0.4) is 0 Å². The molecule has 6 heteroatoms. The summed E-state index contributed by atoms with van der Waals surface area (Å²) < 4.78 is 28.6. The molecule has 0 spiro atoms. The lowest BCUT2D eigenvalue weighted by molar-refractivity contribution is 0.412. The van der Waals surface area contributed by atoms with E-state index < -0.39 is 16.3 Å². The number of hydrogen-bond acceptors (Lipinski definition) is 3. The van der Waals surface area contributed by atoms with E-state index in [4.69, 9.17) is 0 Å². The fraction of sp³-hybridized carbons (Fsp3) is 0.500. The summed E-state index contributed by atoms with van der Waals surface area (Å²) in [6, 6.07) is 10.1. The van der Waals surface area contributed by atoms with Gasteiger partial charge in [-0.1, -0.05) is 43.2 Å². The van der Waals surface area contributed by atoms with E-state index >= 15 is 0 Å². The van der Waals surface area contributed by atoms with Gasteiger partial charge < -0.3 is 0 Å². The third kappa shape index (κ3) is 3.79. The highest BCUT2D eigenvalue weighted by Crippen LogP contribution is 2.17. The van der Waals surface area contributed by atoms with E-state index in [9.17, 15) is 13.7 Å². The van der Waals surface area contributed by atoms with Crippen molar-refractivity contribution >= 4 is 10.2 Å². The molecule has 0 amide bonds. The maximum atomic E-state index is 12.3. The van der Waals surface area contributed by atoms with E-state index in [0.717, 1.165) is 25.7 Å². The molecule has 0 aliphatic carbocycles. The fourth-order valence-corrected chi connectivity index (χ4v) is 3.69. The van der Waals surface area contributed by atoms with Crippen LogP contribution in [-0.2, 0) is 10.2 Å². The minimum absolute atomic E-state index is 0.530. The van der Waals surface area contributed by atoms with Crippen LogP contribution in [0.2, 0.25) is 0 Å². The van der Waals surface area contributed by atoms with Crippen molar-refractivity contribution < 1.29 is 8.42 Å². The van der Waals surface area contributed by atoms with Crippen LogP contribution < -0.4 is 4.72 Å². The molecule has 0 aromatic heterocycles. The second kappa shape index (κ2) is 6.84. The van der Waals surface area contributed by atoms with E-state index in [1.807, 2.05) is 12.1 Å². The Balaban J connectivity index is 2.12. The molecule has 0 saturated carbocycles. The van der Waals surface area contributed by atoms with Gasteiger partial charge in [0.05, 0.1) is 6.07 Å². The zero-order valence-electron chi connectivity index (χ0n) is 11.3. The number of nitriles is 1. The predicted molar refractivity (Wildman–Crippen MR) is 76.9 cm³/mol. The van der Waals surface area contributed by atoms with Gasteiger partial charge in [0.25, 0.3) is 10.2 Å². The molecule has 1 fully saturated rings. The van der Waals surface area contributed by atoms with Gasteiger partial charge in [-0.3, -0.25) is 0 Å². The van der Waals surface area contributed by atoms with Gasteiger partial charge in [0.2, 0.25) is 0 Å². The van der Waals surface area contributed by atoms with Crippen LogP contribution >= 0.6 is 0 Å². The zero-order chi connectivity index (χ0) is 14.4. The summed E-state index contributed by atoms with van der Waals surface area (Å²) in [6.07, 6.45) is 3.88. The van der Waals surface area contributed by atoms with E-state index in [-0.39, 0.29) is 0 Å². The van der Waals surface area contributed by atoms with E-state index in [1.54, 1.807) is 24.3 Å². The van der Waals surface area contributed by atoms with Crippen LogP contribution in [0.5, 0.6) is 0 Å². The van der Waals surface area contributed by atoms with Crippen molar-refractivity contribution in [2.75, 3.05) is 13.1 Å². The second-order valence-corrected chi connectivity index (χ2v) is 6.61. The first-order valence-corrected chi connectivity index (χ1v) is 8.29. The monoisotopic (exact) mass is 293 g/mol. The Morgan fingerprint density at radius 1 is 1.10 bits per heavy atom. The molecule has 1 aliphatic rings. The Bertz CT molecular complexity index is 558. The topological polar surface area (TPSA) is 73.2 Å². The van der Waals surface area contributed by atoms with E-state index in [2.05, 4.69) is 4.72 Å². The van der Waals surface area contributed by atoms with Crippen molar-refractivity contribution in [2.24, 2.45) is 0 Å². The van der Waals surface area contributed by atoms with Crippen LogP contribution in [0.15, 0.2) is 30.3 Å². The summed E-state index contributed by atoms with van der Waals surface area (Å²) in [5, 5.41) is 9.20. The minimum Gasteiger partial charge on any atom is -0.196 e. The first-order valence-electron chi connectivity index (χ1n) is 6.85. The molecular formula is C14H19N3O2S. The van der Waals surface area contributed by atoms with Gasteiger partial charge in [0, 0.05) is 13.1 Å². The summed E-state index contributed by atoms with van der Waals surface area (Å²) in [4.78, 5) is 0. The Labute approximate surface area is 120 Å². The Hall–Kier alpha value is -1.42. The van der Waals surface area contributed by atoms with Crippen LogP contribution in [0.4, 0.5) is 0 Å². The average molecular weight is 293 g/mol. The number of benzene rings is 1. The van der Waals surface area contributed by atoms with E-state index in [1.165, 1.54) is 4.31 Å². The molecule has 1 aromatic carbocycles. The van der Waals surface area contributed by atoms with Crippen LogP contribution in [-0.4, -0.2) is 25.8 Å². The molecule has 1 aromatic rings. The lowest BCUT2D eigenvalue weighted by Crippen LogP contribution is -2.42. The quantitative estimate of drug-likeness (QED) is 0.922. The molecular weight excluding hydrogens is 274 g/mol. The van der Waals surface area contributed by atoms with Crippen LogP contribution in [0, 0.1) is 11.3 Å². The van der Waals surface area contributed by atoms with Crippen molar-refractivity contribution in [3.8, 4) is 6.07 Å². The summed E-state index contributed by atoms with van der Waals surface area (Å²) in [5.41, 5.74) is 0.661. The fourth-order valence-electron chi connectivity index (χ4n) is 2.32. The van der Waals surface area contributed by atoms with Gasteiger partial charge >= 0.3 is 0 Å². The van der Waals surface area contributed by atoms with Crippen molar-refractivity contribution in [1.29, 1.82) is 5.26 Å². The van der Waals surface area contributed by atoms with Crippen LogP contribution in [0.25, 0.3) is 0 Å². The number of rotatable bonds is 4. The maximum Gasteiger partial charge on any atom is 0.280 e. The largest absolute Gasteiger partial charge is 0.280 e. The molecule has 108 valence electrons. The Kier molecular flexibility index (Phi) is 5.12. The number of nitrogens with zero attached hydrogens (tertiary/aromatic N) is 2. The van der Waals surface area contributed by atoms with Crippen molar-refractivity contribution in [3.63, 3.8) is 0 Å². The Morgan fingerprint density at radius 3 is 2.25 bits per heavy atom. The molecule has 0 bridgehead atoms. The van der Waals surface area contributed by atoms with Gasteiger partial charge in [-0.25, -0.2) is 0 Å². The summed E-state index contributed by atoms with van der Waals surface area (Å²) >= 11 is 0. The van der Waals surface area contributed by atoms with Gasteiger partial charge in [0.1, 0.15) is 6.04 Å². The third-order valence-electron chi connectivity index (χ3n) is 3.43. The van der Waals surface area contributed by atoms with Crippen molar-refractivity contribution in [1.82, 2.24) is 9.03 Å². The molecule has 1 saturated heterocycles. The summed E-state index contributed by atoms with van der Waals surface area (Å²) in [5.74, 6) is 0. The highest BCUT2D eigenvalue weighted by Gasteiger charge is 2.26. The Morgan fingerprint density at radius 2 is 1.70 bits per heavy atom. The predicted octanol–water partition coefficient (Wildman–Crippen LogP) is 1.96. The summed E-state index contributed by atoms with van der Waals surface area (Å²) in [6.45, 7) is 1.06. The lowest BCUT2D eigenvalue weighted by Gasteiger charge is -2.22. The highest BCUT2D eigenvalue weighted by molar-refractivity contribution is 7.87. The van der Waals surface area contributed by atoms with E-state index in [0.29, 0.717) is 18.7 Å². The normalized spacial score (nSPS) is 18.9. The summed E-state index contributed by atoms with van der Waals surface area (Å²) in [7, 11) is -3.61. The molecule has 1 unspecified atom stereocenters. The first kappa shape index (κ1) is 15.0. The molecule has 1 aliphatic heterocycles. The molecule has 1 heterocycles. The molecule has 1 N–H and O–H groups in total. The van der Waals surface area contributed by atoms with Gasteiger partial charge in [-0.15, -0.1) is 0 Å². The molecule has 2 rings (SSSR count). The van der Waals surface area contributed by atoms with Gasteiger partial charge in [-0.05, 0) is 18.4 Å². The maximum absolute atomic E-state index is 12.3. The van der Waals surface area contributed by atoms with Crippen molar-refractivity contribution in [2.45, 2.75) is 31.7 Å². The highest BCUT2D eigenvalue weighted by atomic mass is 32.2. The molecule has 20 heavy (non-hydrogen) atoms. The number of nitrogens with one attached hydrogen (secondary N) is 1. The van der Waals surface area contributed by atoms with Crippen molar-refractivity contribution in [3.05, 3.63) is 35.9 Å². The van der Waals surface area contributed by atoms with Gasteiger partial charge in [-0.2, -0.15) is 22.7 Å². The van der Waals surface area contributed by atoms with Gasteiger partial charge in [0.15, 0.2) is 0 Å². The van der Waals surface area contributed by atoms with Crippen LogP contribution in [0.1, 0.15) is 37.3 Å². The smallest absolute Gasteiger partial charge is 0.196 e.